The summed E-state index contributed by atoms with van der Waals surface area (Å²) in [6.07, 6.45) is 7.65. The minimum absolute atomic E-state index is 0.126. The van der Waals surface area contributed by atoms with E-state index in [2.05, 4.69) is 21.3 Å². The van der Waals surface area contributed by atoms with Gasteiger partial charge in [-0.3, -0.25) is 9.79 Å². The van der Waals surface area contributed by atoms with Gasteiger partial charge in [0.15, 0.2) is 5.96 Å². The van der Waals surface area contributed by atoms with Crippen LogP contribution >= 0.6 is 0 Å². The van der Waals surface area contributed by atoms with Crippen molar-refractivity contribution in [2.75, 3.05) is 38.1 Å². The van der Waals surface area contributed by atoms with Gasteiger partial charge in [-0.15, -0.1) is 0 Å². The van der Waals surface area contributed by atoms with Gasteiger partial charge in [0.25, 0.3) is 0 Å². The minimum atomic E-state index is 0.126. The second kappa shape index (κ2) is 6.70. The van der Waals surface area contributed by atoms with E-state index >= 15 is 0 Å². The molecule has 134 valence electrons. The van der Waals surface area contributed by atoms with E-state index in [1.165, 1.54) is 37.7 Å². The van der Waals surface area contributed by atoms with Gasteiger partial charge in [-0.2, -0.15) is 0 Å². The maximum atomic E-state index is 12.7. The molecule has 2 fully saturated rings. The molecule has 1 saturated carbocycles. The molecule has 5 nitrogen and oxygen atoms in total. The number of nitrogens with one attached hydrogen (secondary N) is 1. The highest BCUT2D eigenvalue weighted by Gasteiger charge is 2.41. The van der Waals surface area contributed by atoms with Crippen LogP contribution in [-0.4, -0.2) is 50.0 Å². The van der Waals surface area contributed by atoms with E-state index in [-0.39, 0.29) is 5.91 Å². The van der Waals surface area contributed by atoms with E-state index in [0.29, 0.717) is 12.0 Å². The van der Waals surface area contributed by atoms with Crippen molar-refractivity contribution < 1.29 is 4.79 Å². The number of nitrogens with zero attached hydrogens (tertiary/aromatic N) is 3. The Kier molecular flexibility index (Phi) is 4.40. The van der Waals surface area contributed by atoms with Crippen LogP contribution in [-0.2, 0) is 11.2 Å². The van der Waals surface area contributed by atoms with Crippen molar-refractivity contribution >= 4 is 17.6 Å². The molecule has 1 saturated heterocycles. The molecule has 1 spiro atoms. The first-order chi connectivity index (χ1) is 12.2. The predicted octanol–water partition coefficient (Wildman–Crippen LogP) is 2.42. The number of hydrogen-bond acceptors (Lipinski definition) is 2. The number of benzene rings is 1. The Morgan fingerprint density at radius 2 is 2.00 bits per heavy atom. The minimum Gasteiger partial charge on any atom is -0.347 e. The fourth-order valence-corrected chi connectivity index (χ4v) is 4.83. The Bertz CT molecular complexity index is 678. The van der Waals surface area contributed by atoms with Gasteiger partial charge in [0.2, 0.25) is 5.91 Å². The number of amides is 1. The first kappa shape index (κ1) is 16.4. The molecule has 4 rings (SSSR count). The van der Waals surface area contributed by atoms with Gasteiger partial charge in [-0.1, -0.05) is 31.0 Å². The highest BCUT2D eigenvalue weighted by Crippen LogP contribution is 2.45. The summed E-state index contributed by atoms with van der Waals surface area (Å²) < 4.78 is 0. The number of hydrogen-bond donors (Lipinski definition) is 1. The second-order valence-corrected chi connectivity index (χ2v) is 7.70. The lowest BCUT2D eigenvalue weighted by Gasteiger charge is -2.26. The zero-order chi connectivity index (χ0) is 17.3. The molecule has 0 bridgehead atoms. The fourth-order valence-electron chi connectivity index (χ4n) is 4.83. The Hall–Kier alpha value is -2.04. The van der Waals surface area contributed by atoms with Crippen LogP contribution in [0, 0.1) is 5.41 Å². The molecule has 2 aliphatic heterocycles. The van der Waals surface area contributed by atoms with Crippen molar-refractivity contribution in [2.45, 2.75) is 38.5 Å². The van der Waals surface area contributed by atoms with Crippen LogP contribution in [0.25, 0.3) is 0 Å². The van der Waals surface area contributed by atoms with E-state index in [9.17, 15) is 4.79 Å². The maximum Gasteiger partial charge on any atom is 0.246 e. The maximum absolute atomic E-state index is 12.7. The number of likely N-dealkylation sites (tertiary alicyclic amines) is 1. The lowest BCUT2D eigenvalue weighted by atomic mass is 9.86. The Balaban J connectivity index is 1.35. The smallest absolute Gasteiger partial charge is 0.246 e. The topological polar surface area (TPSA) is 47.9 Å². The average molecular weight is 340 g/mol. The Morgan fingerprint density at radius 3 is 2.80 bits per heavy atom. The second-order valence-electron chi connectivity index (χ2n) is 7.70. The average Bonchev–Trinajstić information content (AvgIpc) is 3.36. The molecule has 3 aliphatic rings. The zero-order valence-electron chi connectivity index (χ0n) is 15.1. The predicted molar refractivity (Wildman–Crippen MR) is 101 cm³/mol. The summed E-state index contributed by atoms with van der Waals surface area (Å²) in [6, 6.07) is 8.20. The van der Waals surface area contributed by atoms with Crippen molar-refractivity contribution in [3.05, 3.63) is 29.8 Å². The van der Waals surface area contributed by atoms with Crippen LogP contribution in [0.15, 0.2) is 29.3 Å². The summed E-state index contributed by atoms with van der Waals surface area (Å²) >= 11 is 0. The molecule has 1 N–H and O–H groups in total. The van der Waals surface area contributed by atoms with E-state index < -0.39 is 0 Å². The summed E-state index contributed by atoms with van der Waals surface area (Å²) in [5.74, 6) is 1.01. The molecule has 2 heterocycles. The number of anilines is 1. The van der Waals surface area contributed by atoms with E-state index in [0.717, 1.165) is 37.7 Å². The van der Waals surface area contributed by atoms with Gasteiger partial charge in [-0.05, 0) is 42.7 Å². The van der Waals surface area contributed by atoms with Crippen molar-refractivity contribution in [1.29, 1.82) is 0 Å². The lowest BCUT2D eigenvalue weighted by Crippen LogP contribution is -2.46. The fraction of sp³-hybridized carbons (Fsp3) is 0.600. The van der Waals surface area contributed by atoms with Crippen LogP contribution in [0.4, 0.5) is 5.69 Å². The molecule has 25 heavy (non-hydrogen) atoms. The first-order valence-electron chi connectivity index (χ1n) is 9.55. The Morgan fingerprint density at radius 1 is 1.20 bits per heavy atom. The third-order valence-corrected chi connectivity index (χ3v) is 6.20. The Labute approximate surface area is 150 Å². The van der Waals surface area contributed by atoms with Gasteiger partial charge in [0.1, 0.15) is 0 Å². The zero-order valence-corrected chi connectivity index (χ0v) is 15.1. The number of para-hydroxylation sites is 1. The van der Waals surface area contributed by atoms with Gasteiger partial charge >= 0.3 is 0 Å². The van der Waals surface area contributed by atoms with Gasteiger partial charge in [-0.25, -0.2) is 0 Å². The normalized spacial score (nSPS) is 21.9. The number of rotatable bonds is 2. The SMILES string of the molecule is CN=C(NCC(=O)N1CCc2ccccc21)N1CCC2(CCCC2)C1. The standard InChI is InChI=1S/C20H28N4O/c1-21-19(23-13-11-20(15-23)9-4-5-10-20)22-14-18(25)24-12-8-16-6-2-3-7-17(16)24/h2-3,6-7H,4-5,8-15H2,1H3,(H,21,22). The largest absolute Gasteiger partial charge is 0.347 e. The molecule has 0 radical (unpaired) electrons. The van der Waals surface area contributed by atoms with Gasteiger partial charge < -0.3 is 15.1 Å². The summed E-state index contributed by atoms with van der Waals surface area (Å²) in [5, 5.41) is 3.31. The summed E-state index contributed by atoms with van der Waals surface area (Å²) in [6.45, 7) is 3.24. The third-order valence-electron chi connectivity index (χ3n) is 6.20. The molecule has 0 unspecified atom stereocenters. The van der Waals surface area contributed by atoms with E-state index in [1.807, 2.05) is 30.1 Å². The molecular weight excluding hydrogens is 312 g/mol. The number of carbonyl (C=O) groups is 1. The van der Waals surface area contributed by atoms with E-state index in [1.54, 1.807) is 0 Å². The van der Waals surface area contributed by atoms with Crippen LogP contribution in [0.2, 0.25) is 0 Å². The molecule has 1 aromatic rings. The highest BCUT2D eigenvalue weighted by molar-refractivity contribution is 5.98. The van der Waals surface area contributed by atoms with Crippen LogP contribution in [0.1, 0.15) is 37.7 Å². The van der Waals surface area contributed by atoms with Crippen LogP contribution in [0.3, 0.4) is 0 Å². The molecule has 1 amide bonds. The molecule has 1 aliphatic carbocycles. The molecule has 0 atom stereocenters. The monoisotopic (exact) mass is 340 g/mol. The molecule has 1 aromatic carbocycles. The molecular formula is C20H28N4O. The summed E-state index contributed by atoms with van der Waals surface area (Å²) in [5.41, 5.74) is 2.84. The number of aliphatic imine (C=N–C) groups is 1. The molecule has 0 aromatic heterocycles. The molecule has 5 heteroatoms. The lowest BCUT2D eigenvalue weighted by molar-refractivity contribution is -0.117. The quantitative estimate of drug-likeness (QED) is 0.664. The van der Waals surface area contributed by atoms with Crippen molar-refractivity contribution in [1.82, 2.24) is 10.2 Å². The number of guanidine groups is 1. The number of fused-ring (bicyclic) bond motifs is 1. The first-order valence-corrected chi connectivity index (χ1v) is 9.55. The van der Waals surface area contributed by atoms with Crippen molar-refractivity contribution in [3.63, 3.8) is 0 Å². The van der Waals surface area contributed by atoms with E-state index in [4.69, 9.17) is 0 Å². The summed E-state index contributed by atoms with van der Waals surface area (Å²) in [4.78, 5) is 21.4. The van der Waals surface area contributed by atoms with Crippen molar-refractivity contribution in [3.8, 4) is 0 Å². The summed E-state index contributed by atoms with van der Waals surface area (Å²) in [7, 11) is 1.82. The number of carbonyl (C=O) groups excluding carboxylic acids is 1. The van der Waals surface area contributed by atoms with Crippen molar-refractivity contribution in [2.24, 2.45) is 10.4 Å². The highest BCUT2D eigenvalue weighted by atomic mass is 16.2. The van der Waals surface area contributed by atoms with Crippen LogP contribution in [0.5, 0.6) is 0 Å². The van der Waals surface area contributed by atoms with Crippen LogP contribution < -0.4 is 10.2 Å². The third kappa shape index (κ3) is 3.12. The van der Waals surface area contributed by atoms with Gasteiger partial charge in [0.05, 0.1) is 6.54 Å². The van der Waals surface area contributed by atoms with Gasteiger partial charge in [0, 0.05) is 32.4 Å².